The van der Waals surface area contributed by atoms with E-state index in [0.717, 1.165) is 43.4 Å². The fourth-order valence-electron chi connectivity index (χ4n) is 2.41. The lowest BCUT2D eigenvalue weighted by Gasteiger charge is -2.35. The third-order valence-electron chi connectivity index (χ3n) is 3.31. The van der Waals surface area contributed by atoms with Gasteiger partial charge in [0, 0.05) is 20.2 Å². The predicted octanol–water partition coefficient (Wildman–Crippen LogP) is 0.725. The van der Waals surface area contributed by atoms with Gasteiger partial charge < -0.3 is 15.4 Å². The molecule has 2 N–H and O–H groups in total. The molecule has 3 heterocycles. The molecule has 1 fully saturated rings. The van der Waals surface area contributed by atoms with Crippen molar-refractivity contribution in [2.75, 3.05) is 30.4 Å². The lowest BCUT2D eigenvalue weighted by atomic mass is 9.96. The highest BCUT2D eigenvalue weighted by Gasteiger charge is 2.39. The largest absolute Gasteiger partial charge is 0.379 e. The van der Waals surface area contributed by atoms with Gasteiger partial charge in [0.1, 0.15) is 11.5 Å². The Morgan fingerprint density at radius 1 is 1.53 bits per heavy atom. The summed E-state index contributed by atoms with van der Waals surface area (Å²) in [6.07, 6.45) is 1.06. The van der Waals surface area contributed by atoms with Crippen molar-refractivity contribution in [3.63, 3.8) is 0 Å². The van der Waals surface area contributed by atoms with E-state index in [1.807, 2.05) is 18.7 Å². The fourth-order valence-corrected chi connectivity index (χ4v) is 2.41. The number of aryl methyl sites for hydroxylation is 2. The van der Waals surface area contributed by atoms with Gasteiger partial charge in [0.05, 0.1) is 17.8 Å². The van der Waals surface area contributed by atoms with Crippen LogP contribution in [0.4, 0.5) is 11.5 Å². The molecular formula is C10H16N4O. The molecule has 5 heteroatoms. The Morgan fingerprint density at radius 2 is 2.40 bits per heavy atom. The van der Waals surface area contributed by atoms with Crippen LogP contribution in [0.5, 0.6) is 0 Å². The summed E-state index contributed by atoms with van der Waals surface area (Å²) in [5, 5.41) is 11.4. The molecule has 1 atom stereocenters. The summed E-state index contributed by atoms with van der Waals surface area (Å²) in [5.74, 6) is 1.09. The smallest absolute Gasteiger partial charge is 0.148 e. The van der Waals surface area contributed by atoms with E-state index in [-0.39, 0.29) is 5.54 Å². The Morgan fingerprint density at radius 3 is 3.13 bits per heavy atom. The first kappa shape index (κ1) is 9.03. The number of hydrogen-bond donors (Lipinski definition) is 2. The molecule has 0 amide bonds. The lowest BCUT2D eigenvalue weighted by Crippen LogP contribution is -2.48. The van der Waals surface area contributed by atoms with Crippen LogP contribution in [-0.2, 0) is 11.8 Å². The quantitative estimate of drug-likeness (QED) is 0.660. The lowest BCUT2D eigenvalue weighted by molar-refractivity contribution is 0.183. The SMILES string of the molecule is Cc1nn(C)c2c1NCC1(CCOC1)N2. The molecule has 1 aromatic rings. The third-order valence-corrected chi connectivity index (χ3v) is 3.31. The summed E-state index contributed by atoms with van der Waals surface area (Å²) in [7, 11) is 1.97. The summed E-state index contributed by atoms with van der Waals surface area (Å²) in [6, 6.07) is 0. The minimum absolute atomic E-state index is 0.0766. The summed E-state index contributed by atoms with van der Waals surface area (Å²) in [6.45, 7) is 4.58. The van der Waals surface area contributed by atoms with Gasteiger partial charge >= 0.3 is 0 Å². The van der Waals surface area contributed by atoms with Crippen molar-refractivity contribution in [3.8, 4) is 0 Å². The second-order valence-corrected chi connectivity index (χ2v) is 4.49. The normalized spacial score (nSPS) is 28.7. The summed E-state index contributed by atoms with van der Waals surface area (Å²) < 4.78 is 7.37. The molecular weight excluding hydrogens is 192 g/mol. The molecule has 15 heavy (non-hydrogen) atoms. The van der Waals surface area contributed by atoms with Crippen molar-refractivity contribution in [2.24, 2.45) is 7.05 Å². The highest BCUT2D eigenvalue weighted by atomic mass is 16.5. The van der Waals surface area contributed by atoms with Crippen LogP contribution in [0.2, 0.25) is 0 Å². The van der Waals surface area contributed by atoms with Gasteiger partial charge in [-0.2, -0.15) is 5.10 Å². The van der Waals surface area contributed by atoms with E-state index in [4.69, 9.17) is 4.74 Å². The molecule has 0 bridgehead atoms. The van der Waals surface area contributed by atoms with Gasteiger partial charge in [-0.15, -0.1) is 0 Å². The molecule has 0 aliphatic carbocycles. The van der Waals surface area contributed by atoms with Gasteiger partial charge in [0.15, 0.2) is 0 Å². The summed E-state index contributed by atoms with van der Waals surface area (Å²) in [5.41, 5.74) is 2.26. The first-order valence-electron chi connectivity index (χ1n) is 5.34. The Labute approximate surface area is 88.8 Å². The molecule has 0 aromatic carbocycles. The molecule has 3 rings (SSSR count). The van der Waals surface area contributed by atoms with Gasteiger partial charge in [-0.3, -0.25) is 4.68 Å². The van der Waals surface area contributed by atoms with Crippen LogP contribution in [0.25, 0.3) is 0 Å². The van der Waals surface area contributed by atoms with Gasteiger partial charge in [-0.25, -0.2) is 0 Å². The minimum Gasteiger partial charge on any atom is -0.379 e. The zero-order valence-corrected chi connectivity index (χ0v) is 9.13. The first-order valence-corrected chi connectivity index (χ1v) is 5.34. The molecule has 82 valence electrons. The fraction of sp³-hybridized carbons (Fsp3) is 0.700. The van der Waals surface area contributed by atoms with E-state index in [1.165, 1.54) is 0 Å². The molecule has 0 radical (unpaired) electrons. The minimum atomic E-state index is 0.0766. The van der Waals surface area contributed by atoms with Crippen LogP contribution in [0.15, 0.2) is 0 Å². The Balaban J connectivity index is 1.98. The zero-order chi connectivity index (χ0) is 10.5. The second kappa shape index (κ2) is 2.88. The van der Waals surface area contributed by atoms with E-state index in [2.05, 4.69) is 15.7 Å². The number of ether oxygens (including phenoxy) is 1. The molecule has 1 spiro atoms. The Bertz CT molecular complexity index is 392. The van der Waals surface area contributed by atoms with Gasteiger partial charge in [-0.05, 0) is 13.3 Å². The summed E-state index contributed by atoms with van der Waals surface area (Å²) in [4.78, 5) is 0. The topological polar surface area (TPSA) is 51.1 Å². The van der Waals surface area contributed by atoms with Crippen LogP contribution in [0.1, 0.15) is 12.1 Å². The molecule has 1 aromatic heterocycles. The summed E-state index contributed by atoms with van der Waals surface area (Å²) >= 11 is 0. The van der Waals surface area contributed by atoms with Crippen molar-refractivity contribution < 1.29 is 4.74 Å². The number of nitrogens with zero attached hydrogens (tertiary/aromatic N) is 2. The van der Waals surface area contributed by atoms with Crippen LogP contribution in [-0.4, -0.2) is 35.1 Å². The maximum atomic E-state index is 5.47. The number of rotatable bonds is 0. The monoisotopic (exact) mass is 208 g/mol. The van der Waals surface area contributed by atoms with Crippen LogP contribution >= 0.6 is 0 Å². The highest BCUT2D eigenvalue weighted by Crippen LogP contribution is 2.35. The number of aromatic nitrogens is 2. The molecule has 2 aliphatic heterocycles. The maximum Gasteiger partial charge on any atom is 0.148 e. The van der Waals surface area contributed by atoms with Gasteiger partial charge in [0.25, 0.3) is 0 Å². The van der Waals surface area contributed by atoms with Crippen LogP contribution in [0, 0.1) is 6.92 Å². The Kier molecular flexibility index (Phi) is 1.74. The molecule has 2 aliphatic rings. The van der Waals surface area contributed by atoms with Gasteiger partial charge in [0.2, 0.25) is 0 Å². The highest BCUT2D eigenvalue weighted by molar-refractivity contribution is 5.71. The van der Waals surface area contributed by atoms with E-state index >= 15 is 0 Å². The average molecular weight is 208 g/mol. The second-order valence-electron chi connectivity index (χ2n) is 4.49. The van der Waals surface area contributed by atoms with Crippen LogP contribution < -0.4 is 10.6 Å². The zero-order valence-electron chi connectivity index (χ0n) is 9.13. The number of fused-ring (bicyclic) bond motifs is 1. The van der Waals surface area contributed by atoms with Crippen molar-refractivity contribution in [1.29, 1.82) is 0 Å². The molecule has 5 nitrogen and oxygen atoms in total. The van der Waals surface area contributed by atoms with E-state index in [9.17, 15) is 0 Å². The van der Waals surface area contributed by atoms with Gasteiger partial charge in [-0.1, -0.05) is 0 Å². The standard InChI is InChI=1S/C10H16N4O/c1-7-8-9(14(2)13-7)12-10(5-11-8)3-4-15-6-10/h11-12H,3-6H2,1-2H3. The first-order chi connectivity index (χ1) is 7.20. The van der Waals surface area contributed by atoms with Crippen molar-refractivity contribution in [1.82, 2.24) is 9.78 Å². The number of nitrogens with one attached hydrogen (secondary N) is 2. The van der Waals surface area contributed by atoms with Crippen molar-refractivity contribution >= 4 is 11.5 Å². The van der Waals surface area contributed by atoms with Crippen molar-refractivity contribution in [3.05, 3.63) is 5.69 Å². The number of hydrogen-bond acceptors (Lipinski definition) is 4. The van der Waals surface area contributed by atoms with E-state index in [1.54, 1.807) is 0 Å². The molecule has 0 saturated carbocycles. The van der Waals surface area contributed by atoms with E-state index < -0.39 is 0 Å². The van der Waals surface area contributed by atoms with E-state index in [0.29, 0.717) is 0 Å². The molecule has 1 saturated heterocycles. The maximum absolute atomic E-state index is 5.47. The van der Waals surface area contributed by atoms with Crippen molar-refractivity contribution in [2.45, 2.75) is 18.9 Å². The molecule has 1 unspecified atom stereocenters. The number of anilines is 2. The average Bonchev–Trinajstić information content (AvgIpc) is 2.75. The Hall–Kier alpha value is -1.23. The van der Waals surface area contributed by atoms with Crippen LogP contribution in [0.3, 0.4) is 0 Å². The predicted molar refractivity (Wildman–Crippen MR) is 58.2 cm³/mol. The third kappa shape index (κ3) is 1.23.